The normalized spacial score (nSPS) is 10.7. The quantitative estimate of drug-likeness (QED) is 0.209. The number of hydrogen-bond donors (Lipinski definition) is 4. The third kappa shape index (κ3) is 7.84. The van der Waals surface area contributed by atoms with Crippen LogP contribution in [0.2, 0.25) is 15.1 Å². The number of halogens is 3. The number of nitrogens with zero attached hydrogens (tertiary/aromatic N) is 1. The molecule has 36 heavy (non-hydrogen) atoms. The number of hydrogen-bond acceptors (Lipinski definition) is 6. The molecule has 1 heterocycles. The van der Waals surface area contributed by atoms with E-state index in [1.165, 1.54) is 36.4 Å². The molecule has 2 aromatic carbocycles. The first-order chi connectivity index (χ1) is 17.1. The molecule has 3 rings (SSSR count). The second-order valence-corrected chi connectivity index (χ2v) is 8.52. The monoisotopic (exact) mass is 549 g/mol. The number of amides is 4. The Labute approximate surface area is 220 Å². The summed E-state index contributed by atoms with van der Waals surface area (Å²) in [6.45, 7) is 1.66. The van der Waals surface area contributed by atoms with E-state index in [2.05, 4.69) is 26.5 Å². The van der Waals surface area contributed by atoms with Gasteiger partial charge in [0.25, 0.3) is 0 Å². The molecule has 3 aromatic rings. The lowest BCUT2D eigenvalue weighted by molar-refractivity contribution is -0.136. The molecule has 0 fully saturated rings. The molecule has 13 heteroatoms. The van der Waals surface area contributed by atoms with Crippen LogP contribution in [0.5, 0.6) is 0 Å². The van der Waals surface area contributed by atoms with Gasteiger partial charge in [-0.15, -0.1) is 0 Å². The van der Waals surface area contributed by atoms with E-state index in [-0.39, 0.29) is 18.0 Å². The summed E-state index contributed by atoms with van der Waals surface area (Å²) in [5, 5.41) is 11.9. The Balaban J connectivity index is 1.46. The molecular weight excluding hydrogens is 533 g/mol. The van der Waals surface area contributed by atoms with Crippen molar-refractivity contribution < 1.29 is 23.6 Å². The largest absolute Gasteiger partial charge is 0.458 e. The fourth-order valence-electron chi connectivity index (χ4n) is 2.73. The predicted octanol–water partition coefficient (Wildman–Crippen LogP) is 3.89. The summed E-state index contributed by atoms with van der Waals surface area (Å²) in [4.78, 5) is 48.0. The van der Waals surface area contributed by atoms with Crippen LogP contribution in [-0.2, 0) is 25.7 Å². The van der Waals surface area contributed by atoms with Crippen LogP contribution in [-0.4, -0.2) is 29.8 Å². The molecule has 4 amide bonds. The summed E-state index contributed by atoms with van der Waals surface area (Å²) in [7, 11) is 0. The molecule has 0 spiro atoms. The number of nitrogens with one attached hydrogen (secondary N) is 4. The summed E-state index contributed by atoms with van der Waals surface area (Å²) < 4.78 is 5.43. The zero-order valence-corrected chi connectivity index (χ0v) is 20.8. The number of hydrazone groups is 1. The molecule has 0 bridgehead atoms. The van der Waals surface area contributed by atoms with E-state index in [1.54, 1.807) is 19.1 Å². The SMILES string of the molecule is Cc1ccc(Cl)cc1NC(=O)C(=O)N/N=C/c1ccc(CNC(=O)C(=O)Nc2cc(Cl)cc(Cl)c2)o1. The minimum absolute atomic E-state index is 0.0931. The summed E-state index contributed by atoms with van der Waals surface area (Å²) in [6, 6.07) is 12.3. The molecule has 0 aliphatic carbocycles. The van der Waals surface area contributed by atoms with Crippen molar-refractivity contribution in [3.63, 3.8) is 0 Å². The highest BCUT2D eigenvalue weighted by molar-refractivity contribution is 6.41. The average molecular weight is 551 g/mol. The van der Waals surface area contributed by atoms with Gasteiger partial charge in [0.05, 0.1) is 12.8 Å². The second-order valence-electron chi connectivity index (χ2n) is 7.21. The van der Waals surface area contributed by atoms with Crippen LogP contribution in [0.25, 0.3) is 0 Å². The first-order valence-corrected chi connectivity index (χ1v) is 11.3. The minimum atomic E-state index is -1.00. The van der Waals surface area contributed by atoms with E-state index in [1.807, 2.05) is 0 Å². The number of carbonyl (C=O) groups excluding carboxylic acids is 4. The zero-order valence-electron chi connectivity index (χ0n) is 18.5. The molecule has 0 radical (unpaired) electrons. The molecular formula is C23H18Cl3N5O5. The van der Waals surface area contributed by atoms with Gasteiger partial charge in [-0.1, -0.05) is 40.9 Å². The van der Waals surface area contributed by atoms with Gasteiger partial charge < -0.3 is 20.4 Å². The molecule has 4 N–H and O–H groups in total. The van der Waals surface area contributed by atoms with Crippen molar-refractivity contribution in [3.8, 4) is 0 Å². The number of anilines is 2. The van der Waals surface area contributed by atoms with Gasteiger partial charge in [-0.05, 0) is 55.0 Å². The van der Waals surface area contributed by atoms with Gasteiger partial charge in [-0.25, -0.2) is 5.43 Å². The molecule has 0 aliphatic heterocycles. The first kappa shape index (κ1) is 26.7. The van der Waals surface area contributed by atoms with E-state index in [9.17, 15) is 19.2 Å². The number of aryl methyl sites for hydroxylation is 1. The van der Waals surface area contributed by atoms with Crippen molar-refractivity contribution in [2.24, 2.45) is 5.10 Å². The Morgan fingerprint density at radius 3 is 2.25 bits per heavy atom. The lowest BCUT2D eigenvalue weighted by Crippen LogP contribution is -2.34. The maximum Gasteiger partial charge on any atom is 0.329 e. The maximum absolute atomic E-state index is 12.0. The van der Waals surface area contributed by atoms with Crippen LogP contribution in [0.4, 0.5) is 11.4 Å². The van der Waals surface area contributed by atoms with Crippen molar-refractivity contribution >= 4 is 76.0 Å². The van der Waals surface area contributed by atoms with Crippen LogP contribution in [0.15, 0.2) is 58.0 Å². The standard InChI is InChI=1S/C23H18Cl3N5O5/c1-12-2-3-13(24)9-19(12)30-22(34)23(35)31-28-11-18-5-4-17(36-18)10-27-20(32)21(33)29-16-7-14(25)6-15(26)8-16/h2-9,11H,10H2,1H3,(H,27,32)(H,29,33)(H,30,34)(H,31,35)/b28-11+. The average Bonchev–Trinajstić information content (AvgIpc) is 3.26. The Hall–Kier alpha value is -3.86. The van der Waals surface area contributed by atoms with Crippen molar-refractivity contribution in [1.82, 2.24) is 10.7 Å². The molecule has 10 nitrogen and oxygen atoms in total. The highest BCUT2D eigenvalue weighted by Gasteiger charge is 2.16. The number of benzene rings is 2. The van der Waals surface area contributed by atoms with Gasteiger partial charge >= 0.3 is 23.6 Å². The van der Waals surface area contributed by atoms with Crippen LogP contribution in [0.3, 0.4) is 0 Å². The van der Waals surface area contributed by atoms with Crippen LogP contribution in [0.1, 0.15) is 17.1 Å². The molecule has 186 valence electrons. The third-order valence-electron chi connectivity index (χ3n) is 4.44. The van der Waals surface area contributed by atoms with Crippen molar-refractivity contribution in [1.29, 1.82) is 0 Å². The van der Waals surface area contributed by atoms with Gasteiger partial charge in [0.2, 0.25) is 0 Å². The van der Waals surface area contributed by atoms with Crippen LogP contribution >= 0.6 is 34.8 Å². The maximum atomic E-state index is 12.0. The third-order valence-corrected chi connectivity index (χ3v) is 5.12. The smallest absolute Gasteiger partial charge is 0.329 e. The number of furan rings is 1. The lowest BCUT2D eigenvalue weighted by atomic mass is 10.2. The fourth-order valence-corrected chi connectivity index (χ4v) is 3.43. The lowest BCUT2D eigenvalue weighted by Gasteiger charge is -2.07. The Morgan fingerprint density at radius 2 is 1.53 bits per heavy atom. The highest BCUT2D eigenvalue weighted by Crippen LogP contribution is 2.22. The van der Waals surface area contributed by atoms with E-state index < -0.39 is 23.6 Å². The molecule has 0 aliphatic rings. The summed E-state index contributed by atoms with van der Waals surface area (Å²) in [6.07, 6.45) is 1.16. The van der Waals surface area contributed by atoms with Gasteiger partial charge in [-0.2, -0.15) is 5.10 Å². The summed E-state index contributed by atoms with van der Waals surface area (Å²) in [5.41, 5.74) is 3.47. The predicted molar refractivity (Wildman–Crippen MR) is 136 cm³/mol. The van der Waals surface area contributed by atoms with E-state index in [4.69, 9.17) is 39.2 Å². The van der Waals surface area contributed by atoms with Crippen molar-refractivity contribution in [3.05, 3.63) is 80.7 Å². The molecule has 1 aromatic heterocycles. The number of carbonyl (C=O) groups is 4. The van der Waals surface area contributed by atoms with Crippen molar-refractivity contribution in [2.45, 2.75) is 13.5 Å². The minimum Gasteiger partial charge on any atom is -0.458 e. The van der Waals surface area contributed by atoms with Gasteiger partial charge in [-0.3, -0.25) is 19.2 Å². The van der Waals surface area contributed by atoms with Crippen molar-refractivity contribution in [2.75, 3.05) is 10.6 Å². The first-order valence-electron chi connectivity index (χ1n) is 10.2. The highest BCUT2D eigenvalue weighted by atomic mass is 35.5. The van der Waals surface area contributed by atoms with Gasteiger partial charge in [0.15, 0.2) is 0 Å². The second kappa shape index (κ2) is 12.2. The zero-order chi connectivity index (χ0) is 26.2. The summed E-state index contributed by atoms with van der Waals surface area (Å²) >= 11 is 17.6. The van der Waals surface area contributed by atoms with E-state index >= 15 is 0 Å². The van der Waals surface area contributed by atoms with Crippen LogP contribution < -0.4 is 21.4 Å². The summed E-state index contributed by atoms with van der Waals surface area (Å²) in [5.74, 6) is -3.23. The topological polar surface area (TPSA) is 142 Å². The Kier molecular flexibility index (Phi) is 9.07. The fraction of sp³-hybridized carbons (Fsp3) is 0.0870. The van der Waals surface area contributed by atoms with Gasteiger partial charge in [0.1, 0.15) is 11.5 Å². The van der Waals surface area contributed by atoms with Crippen LogP contribution in [0, 0.1) is 6.92 Å². The molecule has 0 saturated heterocycles. The molecule has 0 unspecified atom stereocenters. The molecule has 0 saturated carbocycles. The van der Waals surface area contributed by atoms with Gasteiger partial charge in [0, 0.05) is 26.4 Å². The Morgan fingerprint density at radius 1 is 0.833 bits per heavy atom. The van der Waals surface area contributed by atoms with E-state index in [0.717, 1.165) is 11.8 Å². The Bertz CT molecular complexity index is 1340. The van der Waals surface area contributed by atoms with E-state index in [0.29, 0.717) is 26.5 Å². The number of rotatable bonds is 6. The molecule has 0 atom stereocenters.